The number of likely N-dealkylation sites (N-methyl/N-ethyl adjacent to an activating group) is 1. The number of pyridine rings is 2. The van der Waals surface area contributed by atoms with Gasteiger partial charge in [-0.15, -0.1) is 0 Å². The number of hydrogen-bond donors (Lipinski definition) is 1. The summed E-state index contributed by atoms with van der Waals surface area (Å²) >= 11 is 0. The Labute approximate surface area is 206 Å². The van der Waals surface area contributed by atoms with Crippen LogP contribution in [0.25, 0.3) is 33.4 Å². The van der Waals surface area contributed by atoms with Crippen LogP contribution in [0.2, 0.25) is 0 Å². The summed E-state index contributed by atoms with van der Waals surface area (Å²) in [7, 11) is 2.09. The molecule has 1 aromatic carbocycles. The van der Waals surface area contributed by atoms with Crippen LogP contribution in [-0.2, 0) is 12.6 Å². The van der Waals surface area contributed by atoms with Gasteiger partial charge in [0.2, 0.25) is 0 Å². The Morgan fingerprint density at radius 3 is 2.44 bits per heavy atom. The van der Waals surface area contributed by atoms with Gasteiger partial charge in [-0.1, -0.05) is 13.3 Å². The average Bonchev–Trinajstić information content (AvgIpc) is 3.27. The van der Waals surface area contributed by atoms with E-state index in [4.69, 9.17) is 0 Å². The van der Waals surface area contributed by atoms with Gasteiger partial charge >= 0.3 is 6.18 Å². The maximum atomic E-state index is 15.1. The van der Waals surface area contributed by atoms with E-state index in [1.807, 2.05) is 19.1 Å². The molecule has 4 heterocycles. The maximum absolute atomic E-state index is 15.1. The molecule has 1 aliphatic rings. The summed E-state index contributed by atoms with van der Waals surface area (Å²) in [6, 6.07) is 7.44. The van der Waals surface area contributed by atoms with Crippen molar-refractivity contribution in [3.63, 3.8) is 0 Å². The summed E-state index contributed by atoms with van der Waals surface area (Å²) in [5, 5.41) is 7.75. The predicted molar refractivity (Wildman–Crippen MR) is 131 cm³/mol. The molecule has 1 N–H and O–H groups in total. The zero-order valence-corrected chi connectivity index (χ0v) is 20.0. The Kier molecular flexibility index (Phi) is 6.38. The number of benzene rings is 1. The zero-order valence-electron chi connectivity index (χ0n) is 20.0. The summed E-state index contributed by atoms with van der Waals surface area (Å²) in [5.74, 6) is -0.0820. The SMILES string of the molecule is CCCc1cc(F)c(-c2cc3c(-c4ccc(N5CCN(C)CC5)nc4)n[nH]c3cn2)c(C(F)(F)F)c1. The number of alkyl halides is 3. The fraction of sp³-hybridized carbons (Fsp3) is 0.346. The number of nitrogens with zero attached hydrogens (tertiary/aromatic N) is 5. The molecule has 5 rings (SSSR count). The van der Waals surface area contributed by atoms with E-state index in [1.54, 1.807) is 6.20 Å². The Morgan fingerprint density at radius 1 is 1.00 bits per heavy atom. The molecule has 6 nitrogen and oxygen atoms in total. The lowest BCUT2D eigenvalue weighted by Gasteiger charge is -2.33. The molecule has 36 heavy (non-hydrogen) atoms. The van der Waals surface area contributed by atoms with Gasteiger partial charge in [0.15, 0.2) is 0 Å². The topological polar surface area (TPSA) is 60.9 Å². The number of halogens is 4. The number of nitrogens with one attached hydrogen (secondary N) is 1. The van der Waals surface area contributed by atoms with Gasteiger partial charge in [-0.2, -0.15) is 18.3 Å². The molecule has 0 spiro atoms. The summed E-state index contributed by atoms with van der Waals surface area (Å²) in [6.45, 7) is 5.51. The standard InChI is InChI=1S/C26H26F4N6/c1-3-4-16-11-19(26(28,29)30)24(20(27)12-16)21-13-18-22(15-31-21)33-34-25(18)17-5-6-23(32-14-17)36-9-7-35(2)8-10-36/h5-6,11-15H,3-4,7-10H2,1-2H3,(H,33,34). The minimum Gasteiger partial charge on any atom is -0.354 e. The Morgan fingerprint density at radius 2 is 1.78 bits per heavy atom. The highest BCUT2D eigenvalue weighted by Gasteiger charge is 2.36. The lowest BCUT2D eigenvalue weighted by molar-refractivity contribution is -0.137. The number of anilines is 1. The first-order valence-corrected chi connectivity index (χ1v) is 11.9. The van der Waals surface area contributed by atoms with Crippen LogP contribution in [0, 0.1) is 5.82 Å². The van der Waals surface area contributed by atoms with Crippen molar-refractivity contribution in [2.75, 3.05) is 38.1 Å². The summed E-state index contributed by atoms with van der Waals surface area (Å²) < 4.78 is 56.8. The number of rotatable bonds is 5. The van der Waals surface area contributed by atoms with E-state index in [9.17, 15) is 13.2 Å². The molecule has 188 valence electrons. The van der Waals surface area contributed by atoms with Crippen LogP contribution in [0.4, 0.5) is 23.4 Å². The van der Waals surface area contributed by atoms with Crippen LogP contribution in [0.15, 0.2) is 42.7 Å². The van der Waals surface area contributed by atoms with Crippen molar-refractivity contribution in [1.29, 1.82) is 0 Å². The number of hydrogen-bond acceptors (Lipinski definition) is 5. The van der Waals surface area contributed by atoms with Crippen LogP contribution < -0.4 is 4.90 Å². The molecule has 1 aliphatic heterocycles. The van der Waals surface area contributed by atoms with Crippen molar-refractivity contribution in [3.05, 3.63) is 59.7 Å². The minimum atomic E-state index is -4.72. The second-order valence-electron chi connectivity index (χ2n) is 9.13. The number of aryl methyl sites for hydroxylation is 1. The number of aromatic amines is 1. The first-order valence-electron chi connectivity index (χ1n) is 11.9. The van der Waals surface area contributed by atoms with Crippen LogP contribution in [0.1, 0.15) is 24.5 Å². The number of fused-ring (bicyclic) bond motifs is 1. The van der Waals surface area contributed by atoms with E-state index < -0.39 is 23.1 Å². The van der Waals surface area contributed by atoms with Gasteiger partial charge in [0.05, 0.1) is 23.0 Å². The molecular weight excluding hydrogens is 472 g/mol. The first kappa shape index (κ1) is 24.2. The summed E-state index contributed by atoms with van der Waals surface area (Å²) in [4.78, 5) is 13.2. The van der Waals surface area contributed by atoms with E-state index in [-0.39, 0.29) is 5.69 Å². The highest BCUT2D eigenvalue weighted by molar-refractivity contribution is 5.94. The van der Waals surface area contributed by atoms with Crippen LogP contribution in [0.3, 0.4) is 0 Å². The molecule has 0 unspecified atom stereocenters. The van der Waals surface area contributed by atoms with Gasteiger partial charge in [0.25, 0.3) is 0 Å². The lowest BCUT2D eigenvalue weighted by Crippen LogP contribution is -2.44. The Balaban J connectivity index is 1.54. The lowest BCUT2D eigenvalue weighted by atomic mass is 9.97. The van der Waals surface area contributed by atoms with Gasteiger partial charge < -0.3 is 9.80 Å². The molecule has 10 heteroatoms. The molecule has 0 amide bonds. The number of H-pyrrole nitrogens is 1. The second-order valence-corrected chi connectivity index (χ2v) is 9.13. The fourth-order valence-corrected chi connectivity index (χ4v) is 4.60. The van der Waals surface area contributed by atoms with Gasteiger partial charge in [0.1, 0.15) is 17.3 Å². The Hall–Kier alpha value is -3.53. The zero-order chi connectivity index (χ0) is 25.4. The third-order valence-corrected chi connectivity index (χ3v) is 6.55. The Bertz CT molecular complexity index is 1370. The monoisotopic (exact) mass is 498 g/mol. The van der Waals surface area contributed by atoms with Crippen molar-refractivity contribution < 1.29 is 17.6 Å². The first-order chi connectivity index (χ1) is 17.2. The second kappa shape index (κ2) is 9.50. The highest BCUT2D eigenvalue weighted by atomic mass is 19.4. The van der Waals surface area contributed by atoms with Crippen molar-refractivity contribution in [2.45, 2.75) is 25.9 Å². The molecule has 0 saturated carbocycles. The van der Waals surface area contributed by atoms with E-state index in [0.29, 0.717) is 40.6 Å². The molecular formula is C26H26F4N6. The largest absolute Gasteiger partial charge is 0.417 e. The van der Waals surface area contributed by atoms with E-state index >= 15 is 4.39 Å². The average molecular weight is 499 g/mol. The third kappa shape index (κ3) is 4.65. The normalized spacial score (nSPS) is 15.1. The van der Waals surface area contributed by atoms with Crippen LogP contribution in [-0.4, -0.2) is 58.3 Å². The molecule has 0 bridgehead atoms. The smallest absolute Gasteiger partial charge is 0.354 e. The van der Waals surface area contributed by atoms with Crippen molar-refractivity contribution >= 4 is 16.7 Å². The van der Waals surface area contributed by atoms with Crippen LogP contribution in [0.5, 0.6) is 0 Å². The quantitative estimate of drug-likeness (QED) is 0.366. The van der Waals surface area contributed by atoms with Gasteiger partial charge in [-0.3, -0.25) is 10.1 Å². The molecule has 3 aromatic heterocycles. The van der Waals surface area contributed by atoms with Crippen molar-refractivity contribution in [3.8, 4) is 22.5 Å². The van der Waals surface area contributed by atoms with E-state index in [0.717, 1.165) is 44.1 Å². The number of aromatic nitrogens is 4. The van der Waals surface area contributed by atoms with Gasteiger partial charge in [-0.25, -0.2) is 9.37 Å². The molecule has 4 aromatic rings. The molecule has 0 radical (unpaired) electrons. The molecule has 0 atom stereocenters. The van der Waals surface area contributed by atoms with Crippen molar-refractivity contribution in [1.82, 2.24) is 25.1 Å². The maximum Gasteiger partial charge on any atom is 0.417 e. The highest BCUT2D eigenvalue weighted by Crippen LogP contribution is 2.40. The fourth-order valence-electron chi connectivity index (χ4n) is 4.60. The van der Waals surface area contributed by atoms with Crippen LogP contribution >= 0.6 is 0 Å². The summed E-state index contributed by atoms with van der Waals surface area (Å²) in [6.07, 6.45) is -0.674. The van der Waals surface area contributed by atoms with Gasteiger partial charge in [-0.05, 0) is 49.4 Å². The molecule has 0 aliphatic carbocycles. The van der Waals surface area contributed by atoms with E-state index in [1.165, 1.54) is 12.3 Å². The molecule has 1 fully saturated rings. The minimum absolute atomic E-state index is 0.0972. The number of piperazine rings is 1. The summed E-state index contributed by atoms with van der Waals surface area (Å²) in [5.41, 5.74) is 0.380. The van der Waals surface area contributed by atoms with Crippen molar-refractivity contribution in [2.24, 2.45) is 0 Å². The van der Waals surface area contributed by atoms with E-state index in [2.05, 4.69) is 37.0 Å². The van der Waals surface area contributed by atoms with Gasteiger partial charge in [0, 0.05) is 48.9 Å². The molecule has 1 saturated heterocycles. The third-order valence-electron chi connectivity index (χ3n) is 6.55. The predicted octanol–water partition coefficient (Wildman–Crippen LogP) is 5.55.